The lowest BCUT2D eigenvalue weighted by atomic mass is 9.98. The Labute approximate surface area is 203 Å². The van der Waals surface area contributed by atoms with E-state index in [0.29, 0.717) is 23.9 Å². The standard InChI is InChI=1S/C27H27N7O/c1-4-7-25-28-27(34-18(2)10-11-19(34)3)24(17-35)33(25)16-20-12-14-21(15-13-20)22-8-5-6-9-23(22)26-29-31-32-30-26/h5-6,8-15,17H,4,7,16H2,1-3H3,(H,29,30,31,32). The molecule has 5 rings (SSSR count). The number of aldehydes is 1. The van der Waals surface area contributed by atoms with Gasteiger partial charge in [0.15, 0.2) is 17.9 Å². The van der Waals surface area contributed by atoms with E-state index in [-0.39, 0.29) is 0 Å². The molecular formula is C27H27N7O. The molecule has 3 heterocycles. The second-order valence-corrected chi connectivity index (χ2v) is 8.63. The lowest BCUT2D eigenvalue weighted by Crippen LogP contribution is -2.10. The van der Waals surface area contributed by atoms with Crippen LogP contribution in [0.15, 0.2) is 60.7 Å². The first-order chi connectivity index (χ1) is 17.1. The van der Waals surface area contributed by atoms with Crippen LogP contribution in [-0.2, 0) is 13.0 Å². The van der Waals surface area contributed by atoms with E-state index in [1.165, 1.54) is 0 Å². The normalized spacial score (nSPS) is 11.2. The number of tetrazole rings is 1. The first kappa shape index (κ1) is 22.5. The molecule has 0 saturated carbocycles. The zero-order valence-electron chi connectivity index (χ0n) is 20.1. The Morgan fingerprint density at radius 1 is 0.943 bits per heavy atom. The van der Waals surface area contributed by atoms with Gasteiger partial charge in [-0.15, -0.1) is 5.10 Å². The minimum Gasteiger partial charge on any atom is -0.319 e. The first-order valence-corrected chi connectivity index (χ1v) is 11.7. The molecule has 8 nitrogen and oxygen atoms in total. The molecule has 35 heavy (non-hydrogen) atoms. The van der Waals surface area contributed by atoms with Crippen LogP contribution in [0.25, 0.3) is 28.3 Å². The molecule has 1 N–H and O–H groups in total. The van der Waals surface area contributed by atoms with Gasteiger partial charge in [-0.25, -0.2) is 10.1 Å². The molecule has 3 aromatic heterocycles. The van der Waals surface area contributed by atoms with Crippen LogP contribution in [0.1, 0.15) is 46.6 Å². The molecule has 0 fully saturated rings. The number of hydrogen-bond donors (Lipinski definition) is 1. The van der Waals surface area contributed by atoms with Gasteiger partial charge in [0.05, 0.1) is 0 Å². The highest BCUT2D eigenvalue weighted by atomic mass is 16.1. The third kappa shape index (κ3) is 4.19. The molecule has 0 saturated heterocycles. The third-order valence-electron chi connectivity index (χ3n) is 6.27. The fourth-order valence-corrected chi connectivity index (χ4v) is 4.56. The van der Waals surface area contributed by atoms with Gasteiger partial charge in [0, 0.05) is 29.9 Å². The first-order valence-electron chi connectivity index (χ1n) is 11.7. The van der Waals surface area contributed by atoms with Gasteiger partial charge in [-0.1, -0.05) is 55.5 Å². The summed E-state index contributed by atoms with van der Waals surface area (Å²) in [4.78, 5) is 17.2. The number of nitrogens with zero attached hydrogens (tertiary/aromatic N) is 6. The number of aromatic amines is 1. The van der Waals surface area contributed by atoms with Crippen molar-refractivity contribution in [3.8, 4) is 28.3 Å². The Morgan fingerprint density at radius 3 is 2.29 bits per heavy atom. The second kappa shape index (κ2) is 9.50. The van der Waals surface area contributed by atoms with Gasteiger partial charge in [0.2, 0.25) is 0 Å². The summed E-state index contributed by atoms with van der Waals surface area (Å²) in [6.45, 7) is 6.77. The van der Waals surface area contributed by atoms with E-state index in [4.69, 9.17) is 4.98 Å². The zero-order valence-corrected chi connectivity index (χ0v) is 20.1. The van der Waals surface area contributed by atoms with Crippen LogP contribution >= 0.6 is 0 Å². The molecule has 0 bridgehead atoms. The largest absolute Gasteiger partial charge is 0.319 e. The highest BCUT2D eigenvalue weighted by Gasteiger charge is 2.20. The maximum atomic E-state index is 12.3. The van der Waals surface area contributed by atoms with Crippen LogP contribution < -0.4 is 0 Å². The zero-order chi connectivity index (χ0) is 24.4. The van der Waals surface area contributed by atoms with Crippen LogP contribution in [0.5, 0.6) is 0 Å². The van der Waals surface area contributed by atoms with Crippen molar-refractivity contribution in [3.05, 3.63) is 89.1 Å². The van der Waals surface area contributed by atoms with E-state index in [9.17, 15) is 4.79 Å². The molecule has 0 unspecified atom stereocenters. The van der Waals surface area contributed by atoms with E-state index in [2.05, 4.69) is 62.4 Å². The molecule has 2 aromatic carbocycles. The monoisotopic (exact) mass is 465 g/mol. The Hall–Kier alpha value is -4.33. The molecule has 0 spiro atoms. The summed E-state index contributed by atoms with van der Waals surface area (Å²) in [6.07, 6.45) is 2.68. The minimum atomic E-state index is 0.573. The van der Waals surface area contributed by atoms with Gasteiger partial charge in [0.1, 0.15) is 11.5 Å². The van der Waals surface area contributed by atoms with Crippen LogP contribution in [0.3, 0.4) is 0 Å². The molecule has 0 aliphatic heterocycles. The van der Waals surface area contributed by atoms with Crippen LogP contribution in [0, 0.1) is 13.8 Å². The third-order valence-corrected chi connectivity index (χ3v) is 6.27. The highest BCUT2D eigenvalue weighted by molar-refractivity contribution is 5.80. The molecule has 5 aromatic rings. The van der Waals surface area contributed by atoms with Crippen molar-refractivity contribution in [1.29, 1.82) is 0 Å². The Balaban J connectivity index is 1.51. The summed E-state index contributed by atoms with van der Waals surface area (Å²) in [6, 6.07) is 20.5. The van der Waals surface area contributed by atoms with Crippen molar-refractivity contribution >= 4 is 6.29 Å². The van der Waals surface area contributed by atoms with Gasteiger partial charge in [-0.2, -0.15) is 0 Å². The van der Waals surface area contributed by atoms with Crippen LogP contribution in [-0.4, -0.2) is 41.0 Å². The van der Waals surface area contributed by atoms with Crippen LogP contribution in [0.4, 0.5) is 0 Å². The number of imidazole rings is 1. The Kier molecular flexibility index (Phi) is 6.10. The highest BCUT2D eigenvalue weighted by Crippen LogP contribution is 2.30. The number of carbonyl (C=O) groups excluding carboxylic acids is 1. The van der Waals surface area contributed by atoms with E-state index >= 15 is 0 Å². The van der Waals surface area contributed by atoms with Crippen molar-refractivity contribution in [3.63, 3.8) is 0 Å². The van der Waals surface area contributed by atoms with E-state index in [1.807, 2.05) is 48.7 Å². The lowest BCUT2D eigenvalue weighted by Gasteiger charge is -2.12. The molecule has 0 atom stereocenters. The van der Waals surface area contributed by atoms with E-state index < -0.39 is 0 Å². The average molecular weight is 466 g/mol. The number of nitrogens with one attached hydrogen (secondary N) is 1. The van der Waals surface area contributed by atoms with Gasteiger partial charge < -0.3 is 9.13 Å². The van der Waals surface area contributed by atoms with Crippen molar-refractivity contribution < 1.29 is 4.79 Å². The summed E-state index contributed by atoms with van der Waals surface area (Å²) in [5, 5.41) is 14.3. The maximum Gasteiger partial charge on any atom is 0.180 e. The maximum absolute atomic E-state index is 12.3. The minimum absolute atomic E-state index is 0.573. The quantitative estimate of drug-likeness (QED) is 0.327. The number of carbonyl (C=O) groups is 1. The Morgan fingerprint density at radius 2 is 1.66 bits per heavy atom. The van der Waals surface area contributed by atoms with Crippen molar-refractivity contribution in [1.82, 2.24) is 34.7 Å². The number of aromatic nitrogens is 7. The molecule has 176 valence electrons. The topological polar surface area (TPSA) is 94.3 Å². The number of benzene rings is 2. The molecule has 0 aliphatic rings. The van der Waals surface area contributed by atoms with E-state index in [1.54, 1.807) is 0 Å². The predicted octanol–water partition coefficient (Wildman–Crippen LogP) is 4.95. The summed E-state index contributed by atoms with van der Waals surface area (Å²) in [5.74, 6) is 2.25. The van der Waals surface area contributed by atoms with Crippen molar-refractivity contribution in [2.24, 2.45) is 0 Å². The van der Waals surface area contributed by atoms with Gasteiger partial charge in [0.25, 0.3) is 0 Å². The SMILES string of the molecule is CCCc1nc(-n2c(C)ccc2C)c(C=O)n1Cc1ccc(-c2ccccc2-c2nnn[nH]2)cc1. The summed E-state index contributed by atoms with van der Waals surface area (Å²) in [5.41, 5.74) is 6.86. The molecule has 8 heteroatoms. The molecular weight excluding hydrogens is 438 g/mol. The average Bonchev–Trinajstić information content (AvgIpc) is 3.60. The fraction of sp³-hybridized carbons (Fsp3) is 0.222. The summed E-state index contributed by atoms with van der Waals surface area (Å²) < 4.78 is 4.10. The lowest BCUT2D eigenvalue weighted by molar-refractivity contribution is 0.111. The molecule has 0 radical (unpaired) electrons. The smallest absolute Gasteiger partial charge is 0.180 e. The van der Waals surface area contributed by atoms with Gasteiger partial charge >= 0.3 is 0 Å². The molecule has 0 aliphatic carbocycles. The number of aryl methyl sites for hydroxylation is 3. The number of hydrogen-bond acceptors (Lipinski definition) is 5. The van der Waals surface area contributed by atoms with Crippen LogP contribution in [0.2, 0.25) is 0 Å². The predicted molar refractivity (Wildman–Crippen MR) is 135 cm³/mol. The summed E-state index contributed by atoms with van der Waals surface area (Å²) in [7, 11) is 0. The van der Waals surface area contributed by atoms with Crippen molar-refractivity contribution in [2.75, 3.05) is 0 Å². The molecule has 0 amide bonds. The fourth-order valence-electron chi connectivity index (χ4n) is 4.56. The Bertz CT molecular complexity index is 1440. The van der Waals surface area contributed by atoms with Gasteiger partial charge in [-0.3, -0.25) is 4.79 Å². The number of H-pyrrole nitrogens is 1. The van der Waals surface area contributed by atoms with Gasteiger partial charge in [-0.05, 0) is 59.5 Å². The second-order valence-electron chi connectivity index (χ2n) is 8.63. The number of rotatable bonds is 8. The van der Waals surface area contributed by atoms with Crippen molar-refractivity contribution in [2.45, 2.75) is 40.2 Å². The summed E-state index contributed by atoms with van der Waals surface area (Å²) >= 11 is 0. The van der Waals surface area contributed by atoms with E-state index in [0.717, 1.165) is 58.6 Å².